The summed E-state index contributed by atoms with van der Waals surface area (Å²) in [7, 11) is 0. The fourth-order valence-electron chi connectivity index (χ4n) is 1.75. The van der Waals surface area contributed by atoms with E-state index in [0.29, 0.717) is 12.2 Å². The van der Waals surface area contributed by atoms with E-state index in [0.717, 1.165) is 6.42 Å². The summed E-state index contributed by atoms with van der Waals surface area (Å²) in [6.45, 7) is 3.73. The first-order chi connectivity index (χ1) is 10.0. The van der Waals surface area contributed by atoms with Gasteiger partial charge in [-0.25, -0.2) is 0 Å². The van der Waals surface area contributed by atoms with E-state index >= 15 is 0 Å². The van der Waals surface area contributed by atoms with Gasteiger partial charge in [0, 0.05) is 19.2 Å². The molecule has 114 valence electrons. The van der Waals surface area contributed by atoms with Crippen molar-refractivity contribution in [3.05, 3.63) is 30.3 Å². The predicted molar refractivity (Wildman–Crippen MR) is 80.6 cm³/mol. The second-order valence-electron chi connectivity index (χ2n) is 4.63. The Hall–Kier alpha value is -2.37. The quantitative estimate of drug-likeness (QED) is 0.786. The third kappa shape index (κ3) is 6.56. The molecule has 0 bridgehead atoms. The highest BCUT2D eigenvalue weighted by molar-refractivity contribution is 5.95. The van der Waals surface area contributed by atoms with Crippen LogP contribution in [0.15, 0.2) is 30.3 Å². The molecule has 6 nitrogen and oxygen atoms in total. The van der Waals surface area contributed by atoms with Crippen LogP contribution in [-0.4, -0.2) is 42.3 Å². The molecular formula is C15H21N3O3. The van der Waals surface area contributed by atoms with Crippen LogP contribution in [0.2, 0.25) is 0 Å². The molecule has 0 saturated carbocycles. The Balaban J connectivity index is 2.35. The monoisotopic (exact) mass is 291 g/mol. The van der Waals surface area contributed by atoms with Gasteiger partial charge >= 0.3 is 0 Å². The average Bonchev–Trinajstić information content (AvgIpc) is 2.45. The van der Waals surface area contributed by atoms with E-state index in [4.69, 9.17) is 0 Å². The van der Waals surface area contributed by atoms with Crippen molar-refractivity contribution in [1.82, 2.24) is 10.2 Å². The lowest BCUT2D eigenvalue weighted by Gasteiger charge is -2.19. The van der Waals surface area contributed by atoms with Crippen molar-refractivity contribution in [2.24, 2.45) is 0 Å². The molecule has 0 aliphatic carbocycles. The van der Waals surface area contributed by atoms with Gasteiger partial charge in [-0.1, -0.05) is 25.1 Å². The molecule has 0 unspecified atom stereocenters. The highest BCUT2D eigenvalue weighted by atomic mass is 16.2. The van der Waals surface area contributed by atoms with Crippen molar-refractivity contribution in [2.75, 3.05) is 25.0 Å². The lowest BCUT2D eigenvalue weighted by atomic mass is 10.3. The number of benzene rings is 1. The van der Waals surface area contributed by atoms with Crippen molar-refractivity contribution >= 4 is 23.4 Å². The van der Waals surface area contributed by atoms with Gasteiger partial charge in [0.05, 0.1) is 13.1 Å². The zero-order valence-corrected chi connectivity index (χ0v) is 12.4. The minimum atomic E-state index is -0.345. The molecule has 0 aliphatic heterocycles. The highest BCUT2D eigenvalue weighted by Gasteiger charge is 2.13. The van der Waals surface area contributed by atoms with Crippen molar-refractivity contribution in [3.63, 3.8) is 0 Å². The van der Waals surface area contributed by atoms with Gasteiger partial charge in [-0.2, -0.15) is 0 Å². The van der Waals surface area contributed by atoms with Crippen LogP contribution in [-0.2, 0) is 14.4 Å². The average molecular weight is 291 g/mol. The van der Waals surface area contributed by atoms with Gasteiger partial charge in [-0.3, -0.25) is 14.4 Å². The van der Waals surface area contributed by atoms with Crippen LogP contribution in [0.5, 0.6) is 0 Å². The first-order valence-corrected chi connectivity index (χ1v) is 6.90. The fraction of sp³-hybridized carbons (Fsp3) is 0.400. The van der Waals surface area contributed by atoms with Crippen LogP contribution in [0.1, 0.15) is 20.3 Å². The van der Waals surface area contributed by atoms with Crippen LogP contribution in [0.25, 0.3) is 0 Å². The Morgan fingerprint density at radius 1 is 1.10 bits per heavy atom. The molecule has 1 aromatic rings. The van der Waals surface area contributed by atoms with E-state index in [1.165, 1.54) is 11.8 Å². The number of anilines is 1. The summed E-state index contributed by atoms with van der Waals surface area (Å²) in [5.74, 6) is -0.804. The van der Waals surface area contributed by atoms with E-state index in [9.17, 15) is 14.4 Å². The van der Waals surface area contributed by atoms with Gasteiger partial charge in [-0.15, -0.1) is 0 Å². The summed E-state index contributed by atoms with van der Waals surface area (Å²) in [6.07, 6.45) is 0.779. The van der Waals surface area contributed by atoms with Gasteiger partial charge in [0.15, 0.2) is 0 Å². The number of amides is 3. The molecule has 0 spiro atoms. The van der Waals surface area contributed by atoms with Crippen LogP contribution in [0.4, 0.5) is 5.69 Å². The number of nitrogens with one attached hydrogen (secondary N) is 2. The molecule has 0 aliphatic rings. The van der Waals surface area contributed by atoms with E-state index in [1.807, 2.05) is 25.1 Å². The number of hydrogen-bond donors (Lipinski definition) is 2. The number of para-hydroxylation sites is 1. The second-order valence-corrected chi connectivity index (χ2v) is 4.63. The Bertz CT molecular complexity index is 488. The lowest BCUT2D eigenvalue weighted by Crippen LogP contribution is -2.42. The molecule has 6 heteroatoms. The Morgan fingerprint density at radius 2 is 1.76 bits per heavy atom. The summed E-state index contributed by atoms with van der Waals surface area (Å²) < 4.78 is 0. The Morgan fingerprint density at radius 3 is 2.33 bits per heavy atom. The Kier molecular flexibility index (Phi) is 6.94. The molecular weight excluding hydrogens is 270 g/mol. The minimum Gasteiger partial charge on any atom is -0.345 e. The molecule has 2 N–H and O–H groups in total. The maximum Gasteiger partial charge on any atom is 0.243 e. The van der Waals surface area contributed by atoms with Gasteiger partial charge in [-0.05, 0) is 18.6 Å². The maximum atomic E-state index is 11.7. The SMILES string of the molecule is CCCN(CC(=O)NCC(=O)Nc1ccccc1)C(C)=O. The molecule has 0 saturated heterocycles. The van der Waals surface area contributed by atoms with Gasteiger partial charge < -0.3 is 15.5 Å². The molecule has 3 amide bonds. The van der Waals surface area contributed by atoms with E-state index < -0.39 is 0 Å². The molecule has 0 fully saturated rings. The number of carbonyl (C=O) groups is 3. The topological polar surface area (TPSA) is 78.5 Å². The molecule has 1 rings (SSSR count). The minimum absolute atomic E-state index is 0.0260. The molecule has 0 heterocycles. The zero-order chi connectivity index (χ0) is 15.7. The van der Waals surface area contributed by atoms with Crippen LogP contribution in [0, 0.1) is 0 Å². The molecule has 1 aromatic carbocycles. The number of nitrogens with zero attached hydrogens (tertiary/aromatic N) is 1. The molecule has 0 atom stereocenters. The number of carbonyl (C=O) groups excluding carboxylic acids is 3. The summed E-state index contributed by atoms with van der Waals surface area (Å²) in [5, 5.41) is 5.17. The van der Waals surface area contributed by atoms with Gasteiger partial charge in [0.2, 0.25) is 17.7 Å². The van der Waals surface area contributed by atoms with Gasteiger partial charge in [0.25, 0.3) is 0 Å². The molecule has 0 aromatic heterocycles. The smallest absolute Gasteiger partial charge is 0.243 e. The van der Waals surface area contributed by atoms with E-state index in [2.05, 4.69) is 10.6 Å². The summed E-state index contributed by atoms with van der Waals surface area (Å²) in [6, 6.07) is 8.99. The largest absolute Gasteiger partial charge is 0.345 e. The summed E-state index contributed by atoms with van der Waals surface area (Å²) in [4.78, 5) is 36.1. The van der Waals surface area contributed by atoms with E-state index in [1.54, 1.807) is 12.1 Å². The van der Waals surface area contributed by atoms with Crippen molar-refractivity contribution < 1.29 is 14.4 Å². The maximum absolute atomic E-state index is 11.7. The van der Waals surface area contributed by atoms with Crippen LogP contribution in [0.3, 0.4) is 0 Å². The number of rotatable bonds is 7. The number of hydrogen-bond acceptors (Lipinski definition) is 3. The third-order valence-electron chi connectivity index (χ3n) is 2.78. The standard InChI is InChI=1S/C15H21N3O3/c1-3-9-18(12(2)19)11-15(21)16-10-14(20)17-13-7-5-4-6-8-13/h4-8H,3,9-11H2,1-2H3,(H,16,21)(H,17,20). The molecule has 0 radical (unpaired) electrons. The third-order valence-corrected chi connectivity index (χ3v) is 2.78. The predicted octanol–water partition coefficient (Wildman–Crippen LogP) is 1.000. The Labute approximate surface area is 124 Å². The van der Waals surface area contributed by atoms with Crippen LogP contribution >= 0.6 is 0 Å². The first-order valence-electron chi connectivity index (χ1n) is 6.90. The van der Waals surface area contributed by atoms with Gasteiger partial charge in [0.1, 0.15) is 0 Å². The lowest BCUT2D eigenvalue weighted by molar-refractivity contribution is -0.134. The summed E-state index contributed by atoms with van der Waals surface area (Å²) >= 11 is 0. The molecule has 21 heavy (non-hydrogen) atoms. The second kappa shape index (κ2) is 8.73. The highest BCUT2D eigenvalue weighted by Crippen LogP contribution is 2.03. The van der Waals surface area contributed by atoms with Crippen molar-refractivity contribution in [2.45, 2.75) is 20.3 Å². The van der Waals surface area contributed by atoms with Crippen molar-refractivity contribution in [3.8, 4) is 0 Å². The van der Waals surface area contributed by atoms with Crippen molar-refractivity contribution in [1.29, 1.82) is 0 Å². The van der Waals surface area contributed by atoms with Crippen LogP contribution < -0.4 is 10.6 Å². The fourth-order valence-corrected chi connectivity index (χ4v) is 1.75. The summed E-state index contributed by atoms with van der Waals surface area (Å²) in [5.41, 5.74) is 0.674. The van der Waals surface area contributed by atoms with E-state index in [-0.39, 0.29) is 30.8 Å². The normalized spacial score (nSPS) is 9.81. The zero-order valence-electron chi connectivity index (χ0n) is 12.4. The first kappa shape index (κ1) is 16.7.